The van der Waals surface area contributed by atoms with Crippen LogP contribution in [0.3, 0.4) is 0 Å². The van der Waals surface area contributed by atoms with Gasteiger partial charge >= 0.3 is 0 Å². The number of hydrogen-bond donors (Lipinski definition) is 1. The Morgan fingerprint density at radius 1 is 1.44 bits per heavy atom. The van der Waals surface area contributed by atoms with Gasteiger partial charge in [0.15, 0.2) is 0 Å². The molecule has 0 unspecified atom stereocenters. The summed E-state index contributed by atoms with van der Waals surface area (Å²) in [5.74, 6) is 1.64. The van der Waals surface area contributed by atoms with Crippen LogP contribution < -0.4 is 10.1 Å². The Hall–Kier alpha value is -1.22. The van der Waals surface area contributed by atoms with E-state index in [9.17, 15) is 0 Å². The first kappa shape index (κ1) is 11.3. The predicted molar refractivity (Wildman–Crippen MR) is 66.6 cm³/mol. The van der Waals surface area contributed by atoms with Gasteiger partial charge in [0.05, 0.1) is 17.7 Å². The lowest BCUT2D eigenvalue weighted by Gasteiger charge is -2.12. The molecule has 0 spiro atoms. The summed E-state index contributed by atoms with van der Waals surface area (Å²) in [6.07, 6.45) is 0.130. The smallest absolute Gasteiger partial charge is 0.138 e. The number of amidine groups is 1. The molecule has 0 saturated heterocycles. The van der Waals surface area contributed by atoms with Crippen LogP contribution in [0, 0.1) is 0 Å². The molecule has 0 aromatic heterocycles. The molecule has 1 aliphatic rings. The highest BCUT2D eigenvalue weighted by Gasteiger charge is 2.11. The molecule has 16 heavy (non-hydrogen) atoms. The van der Waals surface area contributed by atoms with Crippen molar-refractivity contribution in [2.75, 3.05) is 13.1 Å². The van der Waals surface area contributed by atoms with Crippen LogP contribution in [0.5, 0.6) is 5.75 Å². The Bertz CT molecular complexity index is 415. The Kier molecular flexibility index (Phi) is 3.34. The predicted octanol–water partition coefficient (Wildman–Crippen LogP) is 2.48. The molecule has 0 amide bonds. The second-order valence-corrected chi connectivity index (χ2v) is 4.38. The van der Waals surface area contributed by atoms with Crippen LogP contribution >= 0.6 is 11.6 Å². The Morgan fingerprint density at radius 3 is 2.81 bits per heavy atom. The van der Waals surface area contributed by atoms with Crippen LogP contribution in [0.15, 0.2) is 23.2 Å². The van der Waals surface area contributed by atoms with E-state index in [2.05, 4.69) is 10.3 Å². The summed E-state index contributed by atoms with van der Waals surface area (Å²) >= 11 is 6.14. The fourth-order valence-electron chi connectivity index (χ4n) is 1.59. The van der Waals surface area contributed by atoms with E-state index < -0.39 is 0 Å². The molecule has 4 heteroatoms. The third-order valence-electron chi connectivity index (χ3n) is 2.24. The van der Waals surface area contributed by atoms with Crippen LogP contribution in [-0.2, 0) is 0 Å². The molecule has 86 valence electrons. The van der Waals surface area contributed by atoms with E-state index in [0.717, 1.165) is 30.2 Å². The van der Waals surface area contributed by atoms with Gasteiger partial charge < -0.3 is 10.1 Å². The van der Waals surface area contributed by atoms with Crippen molar-refractivity contribution in [3.63, 3.8) is 0 Å². The number of halogens is 1. The first-order valence-corrected chi connectivity index (χ1v) is 5.79. The fourth-order valence-corrected chi connectivity index (χ4v) is 1.81. The van der Waals surface area contributed by atoms with Crippen molar-refractivity contribution in [2.45, 2.75) is 20.0 Å². The molecule has 1 aliphatic heterocycles. The molecule has 0 saturated carbocycles. The zero-order valence-corrected chi connectivity index (χ0v) is 10.2. The average Bonchev–Trinajstić information content (AvgIpc) is 2.73. The molecular weight excluding hydrogens is 224 g/mol. The van der Waals surface area contributed by atoms with Crippen LogP contribution in [0.25, 0.3) is 0 Å². The standard InChI is InChI=1S/C12H15ClN2O/c1-8(2)16-11-4-3-9(7-10(11)13)12-14-5-6-15-12/h3-4,7-8H,5-6H2,1-2H3,(H,14,15). The van der Waals surface area contributed by atoms with Crippen LogP contribution in [-0.4, -0.2) is 25.0 Å². The molecule has 0 radical (unpaired) electrons. The Morgan fingerprint density at radius 2 is 2.25 bits per heavy atom. The monoisotopic (exact) mass is 238 g/mol. The van der Waals surface area contributed by atoms with E-state index in [1.165, 1.54) is 0 Å². The van der Waals surface area contributed by atoms with Gasteiger partial charge in [0, 0.05) is 12.1 Å². The number of aliphatic imine (C=N–C) groups is 1. The first-order chi connectivity index (χ1) is 7.66. The highest BCUT2D eigenvalue weighted by molar-refractivity contribution is 6.32. The largest absolute Gasteiger partial charge is 0.489 e. The number of nitrogens with one attached hydrogen (secondary N) is 1. The number of ether oxygens (including phenoxy) is 1. The van der Waals surface area contributed by atoms with E-state index in [-0.39, 0.29) is 6.10 Å². The van der Waals surface area contributed by atoms with Gasteiger partial charge in [-0.2, -0.15) is 0 Å². The van der Waals surface area contributed by atoms with Crippen molar-refractivity contribution in [1.82, 2.24) is 5.32 Å². The molecule has 0 aliphatic carbocycles. The zero-order chi connectivity index (χ0) is 11.5. The molecule has 0 fully saturated rings. The molecular formula is C12H15ClN2O. The van der Waals surface area contributed by atoms with Crippen LogP contribution in [0.2, 0.25) is 5.02 Å². The lowest BCUT2D eigenvalue weighted by Crippen LogP contribution is -2.19. The van der Waals surface area contributed by atoms with Gasteiger partial charge in [-0.05, 0) is 32.0 Å². The minimum atomic E-state index is 0.130. The maximum absolute atomic E-state index is 6.14. The van der Waals surface area contributed by atoms with E-state index in [4.69, 9.17) is 16.3 Å². The van der Waals surface area contributed by atoms with Gasteiger partial charge in [-0.1, -0.05) is 11.6 Å². The quantitative estimate of drug-likeness (QED) is 0.878. The SMILES string of the molecule is CC(C)Oc1ccc(C2=NCCN2)cc1Cl. The summed E-state index contributed by atoms with van der Waals surface area (Å²) in [7, 11) is 0. The summed E-state index contributed by atoms with van der Waals surface area (Å²) in [6.45, 7) is 5.69. The van der Waals surface area contributed by atoms with E-state index in [1.54, 1.807) is 0 Å². The van der Waals surface area contributed by atoms with Gasteiger partial charge in [0.2, 0.25) is 0 Å². The Balaban J connectivity index is 2.22. The number of benzene rings is 1. The highest BCUT2D eigenvalue weighted by Crippen LogP contribution is 2.26. The van der Waals surface area contributed by atoms with Crippen LogP contribution in [0.4, 0.5) is 0 Å². The van der Waals surface area contributed by atoms with E-state index in [1.807, 2.05) is 32.0 Å². The maximum atomic E-state index is 6.14. The molecule has 3 nitrogen and oxygen atoms in total. The minimum absolute atomic E-state index is 0.130. The first-order valence-electron chi connectivity index (χ1n) is 5.41. The lowest BCUT2D eigenvalue weighted by atomic mass is 10.2. The summed E-state index contributed by atoms with van der Waals surface area (Å²) in [6, 6.07) is 5.75. The molecule has 1 heterocycles. The van der Waals surface area contributed by atoms with E-state index in [0.29, 0.717) is 5.02 Å². The normalized spacial score (nSPS) is 14.9. The number of hydrogen-bond acceptors (Lipinski definition) is 3. The molecule has 2 rings (SSSR count). The fraction of sp³-hybridized carbons (Fsp3) is 0.417. The second-order valence-electron chi connectivity index (χ2n) is 3.97. The van der Waals surface area contributed by atoms with Gasteiger partial charge in [-0.3, -0.25) is 4.99 Å². The van der Waals surface area contributed by atoms with Crippen LogP contribution in [0.1, 0.15) is 19.4 Å². The molecule has 1 aromatic carbocycles. The van der Waals surface area contributed by atoms with Gasteiger partial charge in [0.25, 0.3) is 0 Å². The molecule has 1 N–H and O–H groups in total. The van der Waals surface area contributed by atoms with Crippen molar-refractivity contribution < 1.29 is 4.74 Å². The minimum Gasteiger partial charge on any atom is -0.489 e. The van der Waals surface area contributed by atoms with Crippen molar-refractivity contribution in [3.8, 4) is 5.75 Å². The van der Waals surface area contributed by atoms with Gasteiger partial charge in [-0.25, -0.2) is 0 Å². The second kappa shape index (κ2) is 4.74. The summed E-state index contributed by atoms with van der Waals surface area (Å²) in [4.78, 5) is 4.34. The molecule has 0 atom stereocenters. The number of nitrogens with zero attached hydrogens (tertiary/aromatic N) is 1. The number of rotatable bonds is 3. The zero-order valence-electron chi connectivity index (χ0n) is 9.46. The lowest BCUT2D eigenvalue weighted by molar-refractivity contribution is 0.242. The maximum Gasteiger partial charge on any atom is 0.138 e. The van der Waals surface area contributed by atoms with Crippen molar-refractivity contribution >= 4 is 17.4 Å². The third-order valence-corrected chi connectivity index (χ3v) is 2.54. The van der Waals surface area contributed by atoms with Crippen molar-refractivity contribution in [3.05, 3.63) is 28.8 Å². The summed E-state index contributed by atoms with van der Waals surface area (Å²) in [5.41, 5.74) is 1.01. The molecule has 1 aromatic rings. The average molecular weight is 239 g/mol. The third kappa shape index (κ3) is 2.47. The summed E-state index contributed by atoms with van der Waals surface area (Å²) < 4.78 is 5.57. The molecule has 0 bridgehead atoms. The van der Waals surface area contributed by atoms with Crippen molar-refractivity contribution in [1.29, 1.82) is 0 Å². The summed E-state index contributed by atoms with van der Waals surface area (Å²) in [5, 5.41) is 3.84. The highest BCUT2D eigenvalue weighted by atomic mass is 35.5. The topological polar surface area (TPSA) is 33.6 Å². The van der Waals surface area contributed by atoms with Gasteiger partial charge in [0.1, 0.15) is 11.6 Å². The van der Waals surface area contributed by atoms with Crippen molar-refractivity contribution in [2.24, 2.45) is 4.99 Å². The Labute approximate surface area is 100 Å². The van der Waals surface area contributed by atoms with E-state index >= 15 is 0 Å². The van der Waals surface area contributed by atoms with Gasteiger partial charge in [-0.15, -0.1) is 0 Å².